The van der Waals surface area contributed by atoms with E-state index in [2.05, 4.69) is 10.6 Å². The highest BCUT2D eigenvalue weighted by Gasteiger charge is 2.12. The molecule has 0 heterocycles. The van der Waals surface area contributed by atoms with Gasteiger partial charge in [0.05, 0.1) is 6.54 Å². The van der Waals surface area contributed by atoms with E-state index in [0.717, 1.165) is 11.3 Å². The van der Waals surface area contributed by atoms with Crippen molar-refractivity contribution in [3.05, 3.63) is 59.9 Å². The van der Waals surface area contributed by atoms with Gasteiger partial charge < -0.3 is 15.5 Å². The highest BCUT2D eigenvalue weighted by Crippen LogP contribution is 2.19. The summed E-state index contributed by atoms with van der Waals surface area (Å²) in [6.45, 7) is 1.80. The minimum Gasteiger partial charge on any atom is -0.378 e. The fourth-order valence-electron chi connectivity index (χ4n) is 2.49. The molecule has 2 aromatic rings. The Hall–Kier alpha value is -2.89. The molecule has 2 rings (SSSR count). The predicted molar refractivity (Wildman–Crippen MR) is 102 cm³/mol. The van der Waals surface area contributed by atoms with Gasteiger partial charge in [-0.1, -0.05) is 19.1 Å². The van der Waals surface area contributed by atoms with Crippen LogP contribution in [0.1, 0.15) is 24.8 Å². The van der Waals surface area contributed by atoms with Gasteiger partial charge in [0.25, 0.3) is 0 Å². The Morgan fingerprint density at radius 1 is 1.00 bits per heavy atom. The number of carbonyl (C=O) groups is 2. The molecule has 1 unspecified atom stereocenters. The second-order valence-corrected chi connectivity index (χ2v) is 6.42. The molecular formula is C20H24FN3O2. The summed E-state index contributed by atoms with van der Waals surface area (Å²) in [6, 6.07) is 13.5. The predicted octanol–water partition coefficient (Wildman–Crippen LogP) is 3.14. The maximum absolute atomic E-state index is 12.9. The Morgan fingerprint density at radius 2 is 1.62 bits per heavy atom. The van der Waals surface area contributed by atoms with Crippen LogP contribution in [0.2, 0.25) is 0 Å². The van der Waals surface area contributed by atoms with Crippen molar-refractivity contribution in [2.45, 2.75) is 19.3 Å². The van der Waals surface area contributed by atoms with Gasteiger partial charge in [-0.25, -0.2) is 4.39 Å². The quantitative estimate of drug-likeness (QED) is 0.800. The molecule has 0 aliphatic carbocycles. The van der Waals surface area contributed by atoms with Crippen LogP contribution in [0.3, 0.4) is 0 Å². The number of benzene rings is 2. The molecule has 2 N–H and O–H groups in total. The van der Waals surface area contributed by atoms with Crippen molar-refractivity contribution in [3.8, 4) is 0 Å². The molecule has 0 fully saturated rings. The lowest BCUT2D eigenvalue weighted by Gasteiger charge is -2.14. The SMILES string of the molecule is CC(CC(=O)NCC(=O)Nc1ccc(N(C)C)cc1)c1ccc(F)cc1. The zero-order valence-electron chi connectivity index (χ0n) is 15.3. The number of halogens is 1. The molecule has 0 saturated carbocycles. The number of hydrogen-bond donors (Lipinski definition) is 2. The van der Waals surface area contributed by atoms with Crippen molar-refractivity contribution in [2.24, 2.45) is 0 Å². The molecule has 26 heavy (non-hydrogen) atoms. The van der Waals surface area contributed by atoms with Crippen molar-refractivity contribution in [1.82, 2.24) is 5.32 Å². The zero-order valence-corrected chi connectivity index (χ0v) is 15.3. The zero-order chi connectivity index (χ0) is 19.1. The van der Waals surface area contributed by atoms with Crippen molar-refractivity contribution >= 4 is 23.2 Å². The molecule has 0 saturated heterocycles. The van der Waals surface area contributed by atoms with Gasteiger partial charge in [0.15, 0.2) is 0 Å². The lowest BCUT2D eigenvalue weighted by molar-refractivity contribution is -0.124. The Bertz CT molecular complexity index is 743. The molecule has 0 aliphatic heterocycles. The number of carbonyl (C=O) groups excluding carboxylic acids is 2. The number of amides is 2. The third kappa shape index (κ3) is 5.88. The van der Waals surface area contributed by atoms with Gasteiger partial charge in [0, 0.05) is 31.9 Å². The second kappa shape index (κ2) is 8.99. The number of anilines is 2. The second-order valence-electron chi connectivity index (χ2n) is 6.42. The van der Waals surface area contributed by atoms with Crippen LogP contribution in [-0.2, 0) is 9.59 Å². The van der Waals surface area contributed by atoms with E-state index in [-0.39, 0.29) is 36.5 Å². The average Bonchev–Trinajstić information content (AvgIpc) is 2.61. The van der Waals surface area contributed by atoms with E-state index in [4.69, 9.17) is 0 Å². The van der Waals surface area contributed by atoms with Crippen LogP contribution >= 0.6 is 0 Å². The van der Waals surface area contributed by atoms with E-state index >= 15 is 0 Å². The van der Waals surface area contributed by atoms with Crippen molar-refractivity contribution < 1.29 is 14.0 Å². The molecule has 0 aliphatic rings. The molecular weight excluding hydrogens is 333 g/mol. The van der Waals surface area contributed by atoms with Crippen LogP contribution in [0.4, 0.5) is 15.8 Å². The Labute approximate surface area is 153 Å². The highest BCUT2D eigenvalue weighted by atomic mass is 19.1. The van der Waals surface area contributed by atoms with E-state index in [1.807, 2.05) is 50.2 Å². The number of nitrogens with one attached hydrogen (secondary N) is 2. The molecule has 0 aromatic heterocycles. The fourth-order valence-corrected chi connectivity index (χ4v) is 2.49. The lowest BCUT2D eigenvalue weighted by atomic mass is 9.97. The maximum atomic E-state index is 12.9. The fraction of sp³-hybridized carbons (Fsp3) is 0.300. The highest BCUT2D eigenvalue weighted by molar-refractivity contribution is 5.94. The Kier molecular flexibility index (Phi) is 6.72. The minimum atomic E-state index is -0.305. The largest absolute Gasteiger partial charge is 0.378 e. The van der Waals surface area contributed by atoms with Crippen molar-refractivity contribution in [3.63, 3.8) is 0 Å². The van der Waals surface area contributed by atoms with Gasteiger partial charge in [0.2, 0.25) is 11.8 Å². The third-order valence-corrected chi connectivity index (χ3v) is 4.04. The average molecular weight is 357 g/mol. The summed E-state index contributed by atoms with van der Waals surface area (Å²) in [5, 5.41) is 5.35. The van der Waals surface area contributed by atoms with Crippen LogP contribution in [0, 0.1) is 5.82 Å². The van der Waals surface area contributed by atoms with E-state index in [1.165, 1.54) is 12.1 Å². The summed E-state index contributed by atoms with van der Waals surface area (Å²) in [5.74, 6) is -0.872. The van der Waals surface area contributed by atoms with Crippen LogP contribution < -0.4 is 15.5 Å². The van der Waals surface area contributed by atoms with E-state index in [0.29, 0.717) is 5.69 Å². The smallest absolute Gasteiger partial charge is 0.243 e. The van der Waals surface area contributed by atoms with Gasteiger partial charge in [-0.05, 0) is 47.9 Å². The molecule has 2 aromatic carbocycles. The van der Waals surface area contributed by atoms with Crippen molar-refractivity contribution in [1.29, 1.82) is 0 Å². The molecule has 1 atom stereocenters. The summed E-state index contributed by atoms with van der Waals surface area (Å²) < 4.78 is 12.9. The number of hydrogen-bond acceptors (Lipinski definition) is 3. The Morgan fingerprint density at radius 3 is 2.19 bits per heavy atom. The monoisotopic (exact) mass is 357 g/mol. The first-order valence-electron chi connectivity index (χ1n) is 8.44. The summed E-state index contributed by atoms with van der Waals surface area (Å²) in [6.07, 6.45) is 0.233. The molecule has 6 heteroatoms. The standard InChI is InChI=1S/C20H24FN3O2/c1-14(15-4-6-16(21)7-5-15)12-19(25)22-13-20(26)23-17-8-10-18(11-9-17)24(2)3/h4-11,14H,12-13H2,1-3H3,(H,22,25)(H,23,26). The molecule has 0 spiro atoms. The molecule has 0 radical (unpaired) electrons. The topological polar surface area (TPSA) is 61.4 Å². The van der Waals surface area contributed by atoms with Gasteiger partial charge >= 0.3 is 0 Å². The Balaban J connectivity index is 1.77. The summed E-state index contributed by atoms with van der Waals surface area (Å²) in [5.41, 5.74) is 2.59. The lowest BCUT2D eigenvalue weighted by Crippen LogP contribution is -2.33. The summed E-state index contributed by atoms with van der Waals surface area (Å²) in [7, 11) is 3.88. The number of nitrogens with zero attached hydrogens (tertiary/aromatic N) is 1. The maximum Gasteiger partial charge on any atom is 0.243 e. The van der Waals surface area contributed by atoms with Crippen LogP contribution in [-0.4, -0.2) is 32.5 Å². The van der Waals surface area contributed by atoms with E-state index < -0.39 is 0 Å². The van der Waals surface area contributed by atoms with Crippen LogP contribution in [0.25, 0.3) is 0 Å². The summed E-state index contributed by atoms with van der Waals surface area (Å²) >= 11 is 0. The first kappa shape index (κ1) is 19.4. The van der Waals surface area contributed by atoms with Crippen LogP contribution in [0.5, 0.6) is 0 Å². The molecule has 2 amide bonds. The third-order valence-electron chi connectivity index (χ3n) is 4.04. The minimum absolute atomic E-state index is 0.0581. The van der Waals surface area contributed by atoms with Crippen LogP contribution in [0.15, 0.2) is 48.5 Å². The first-order chi connectivity index (χ1) is 12.3. The van der Waals surface area contributed by atoms with Gasteiger partial charge in [-0.3, -0.25) is 9.59 Å². The molecule has 138 valence electrons. The first-order valence-corrected chi connectivity index (χ1v) is 8.44. The number of rotatable bonds is 7. The van der Waals surface area contributed by atoms with E-state index in [1.54, 1.807) is 12.1 Å². The van der Waals surface area contributed by atoms with Gasteiger partial charge in [0.1, 0.15) is 5.82 Å². The normalized spacial score (nSPS) is 11.5. The molecule has 5 nitrogen and oxygen atoms in total. The van der Waals surface area contributed by atoms with Gasteiger partial charge in [-0.15, -0.1) is 0 Å². The van der Waals surface area contributed by atoms with Crippen molar-refractivity contribution in [2.75, 3.05) is 30.9 Å². The molecule has 0 bridgehead atoms. The van der Waals surface area contributed by atoms with Gasteiger partial charge in [-0.2, -0.15) is 0 Å². The summed E-state index contributed by atoms with van der Waals surface area (Å²) in [4.78, 5) is 25.9. The van der Waals surface area contributed by atoms with E-state index in [9.17, 15) is 14.0 Å².